The molecule has 2 amide bonds. The Bertz CT molecular complexity index is 986. The second-order valence-corrected chi connectivity index (χ2v) is 8.83. The van der Waals surface area contributed by atoms with Gasteiger partial charge in [0.25, 0.3) is 0 Å². The quantitative estimate of drug-likeness (QED) is 0.629. The Morgan fingerprint density at radius 3 is 2.60 bits per heavy atom. The normalized spacial score (nSPS) is 17.3. The van der Waals surface area contributed by atoms with Crippen LogP contribution in [0.3, 0.4) is 0 Å². The van der Waals surface area contributed by atoms with Gasteiger partial charge >= 0.3 is 11.8 Å². The largest absolute Gasteiger partial charge is 0.360 e. The van der Waals surface area contributed by atoms with Crippen molar-refractivity contribution in [1.29, 1.82) is 0 Å². The summed E-state index contributed by atoms with van der Waals surface area (Å²) in [5, 5.41) is 5.34. The lowest BCUT2D eigenvalue weighted by Crippen LogP contribution is -2.53. The summed E-state index contributed by atoms with van der Waals surface area (Å²) in [6.07, 6.45) is 2.78. The minimum absolute atomic E-state index is 0.0722. The summed E-state index contributed by atoms with van der Waals surface area (Å²) in [4.78, 5) is 28.1. The zero-order chi connectivity index (χ0) is 21.6. The van der Waals surface area contributed by atoms with Crippen LogP contribution in [0.4, 0.5) is 0 Å². The van der Waals surface area contributed by atoms with Crippen molar-refractivity contribution in [3.05, 3.63) is 59.4 Å². The van der Waals surface area contributed by atoms with E-state index < -0.39 is 28.1 Å². The topological polar surface area (TPSA) is 118 Å². The highest BCUT2D eigenvalue weighted by Gasteiger charge is 2.34. The molecular formula is C19H21ClN4O5S. The van der Waals surface area contributed by atoms with Gasteiger partial charge in [-0.15, -0.1) is 0 Å². The number of pyridine rings is 1. The maximum absolute atomic E-state index is 13.0. The van der Waals surface area contributed by atoms with Crippen LogP contribution >= 0.6 is 11.6 Å². The minimum atomic E-state index is -3.85. The van der Waals surface area contributed by atoms with E-state index in [1.165, 1.54) is 28.6 Å². The Morgan fingerprint density at radius 2 is 1.90 bits per heavy atom. The summed E-state index contributed by atoms with van der Waals surface area (Å²) in [6, 6.07) is 9.28. The molecule has 0 unspecified atom stereocenters. The smallest absolute Gasteiger partial charge is 0.309 e. The van der Waals surface area contributed by atoms with Gasteiger partial charge in [-0.05, 0) is 42.3 Å². The summed E-state index contributed by atoms with van der Waals surface area (Å²) in [6.45, 7) is 0.572. The van der Waals surface area contributed by atoms with Gasteiger partial charge in [-0.2, -0.15) is 4.31 Å². The van der Waals surface area contributed by atoms with Crippen molar-refractivity contribution < 1.29 is 22.7 Å². The van der Waals surface area contributed by atoms with Crippen LogP contribution in [0.1, 0.15) is 12.0 Å². The molecule has 0 spiro atoms. The second-order valence-electron chi connectivity index (χ2n) is 6.50. The van der Waals surface area contributed by atoms with Crippen LogP contribution in [-0.2, 0) is 30.9 Å². The summed E-state index contributed by atoms with van der Waals surface area (Å²) in [7, 11) is -3.85. The highest BCUT2D eigenvalue weighted by molar-refractivity contribution is 7.89. The molecule has 1 aliphatic rings. The summed E-state index contributed by atoms with van der Waals surface area (Å²) in [5.74, 6) is -1.71. The minimum Gasteiger partial charge on any atom is -0.360 e. The van der Waals surface area contributed by atoms with E-state index in [4.69, 9.17) is 16.3 Å². The van der Waals surface area contributed by atoms with E-state index in [-0.39, 0.29) is 24.5 Å². The summed E-state index contributed by atoms with van der Waals surface area (Å²) < 4.78 is 32.6. The predicted octanol–water partition coefficient (Wildman–Crippen LogP) is 0.905. The Balaban J connectivity index is 1.59. The first-order chi connectivity index (χ1) is 14.4. The van der Waals surface area contributed by atoms with Crippen LogP contribution < -0.4 is 10.6 Å². The number of benzene rings is 1. The van der Waals surface area contributed by atoms with E-state index in [1.807, 2.05) is 0 Å². The van der Waals surface area contributed by atoms with Crippen molar-refractivity contribution in [3.63, 3.8) is 0 Å². The molecule has 160 valence electrons. The average molecular weight is 453 g/mol. The number of amides is 2. The summed E-state index contributed by atoms with van der Waals surface area (Å²) in [5.41, 5.74) is 0.745. The molecular weight excluding hydrogens is 432 g/mol. The number of nitrogens with one attached hydrogen (secondary N) is 2. The van der Waals surface area contributed by atoms with Gasteiger partial charge in [0.05, 0.1) is 18.0 Å². The van der Waals surface area contributed by atoms with Crippen molar-refractivity contribution in [1.82, 2.24) is 19.9 Å². The molecule has 0 saturated carbocycles. The SMILES string of the molecule is O=C(NCc1cccnc1)C(=O)NC[C@@H]1OCCCN1S(=O)(=O)c1ccc(Cl)cc1. The van der Waals surface area contributed by atoms with Crippen LogP contribution in [0, 0.1) is 0 Å². The molecule has 1 saturated heterocycles. The first-order valence-electron chi connectivity index (χ1n) is 9.22. The fourth-order valence-electron chi connectivity index (χ4n) is 2.87. The molecule has 1 fully saturated rings. The predicted molar refractivity (Wildman–Crippen MR) is 109 cm³/mol. The number of sulfonamides is 1. The molecule has 11 heteroatoms. The molecule has 2 heterocycles. The second kappa shape index (κ2) is 9.98. The number of carbonyl (C=O) groups is 2. The number of aromatic nitrogens is 1. The Morgan fingerprint density at radius 1 is 1.17 bits per heavy atom. The van der Waals surface area contributed by atoms with Crippen molar-refractivity contribution in [2.75, 3.05) is 19.7 Å². The molecule has 1 aromatic carbocycles. The molecule has 1 aromatic heterocycles. The number of halogens is 1. The number of nitrogens with zero attached hydrogens (tertiary/aromatic N) is 2. The van der Waals surface area contributed by atoms with Crippen LogP contribution in [0.5, 0.6) is 0 Å². The van der Waals surface area contributed by atoms with Gasteiger partial charge in [-0.25, -0.2) is 8.42 Å². The lowest BCUT2D eigenvalue weighted by Gasteiger charge is -2.34. The zero-order valence-electron chi connectivity index (χ0n) is 16.0. The summed E-state index contributed by atoms with van der Waals surface area (Å²) >= 11 is 5.83. The lowest BCUT2D eigenvalue weighted by molar-refractivity contribution is -0.140. The van der Waals surface area contributed by atoms with Gasteiger partial charge < -0.3 is 15.4 Å². The van der Waals surface area contributed by atoms with Crippen LogP contribution in [-0.4, -0.2) is 55.4 Å². The fourth-order valence-corrected chi connectivity index (χ4v) is 4.56. The van der Waals surface area contributed by atoms with E-state index in [0.717, 1.165) is 5.56 Å². The van der Waals surface area contributed by atoms with E-state index in [0.29, 0.717) is 18.1 Å². The van der Waals surface area contributed by atoms with Crippen molar-refractivity contribution in [2.24, 2.45) is 0 Å². The third-order valence-corrected chi connectivity index (χ3v) is 6.55. The van der Waals surface area contributed by atoms with Crippen LogP contribution in [0.2, 0.25) is 5.02 Å². The number of carbonyl (C=O) groups excluding carboxylic acids is 2. The number of hydrogen-bond acceptors (Lipinski definition) is 6. The number of hydrogen-bond donors (Lipinski definition) is 2. The van der Waals surface area contributed by atoms with Gasteiger partial charge in [0.15, 0.2) is 0 Å². The first kappa shape index (κ1) is 22.2. The van der Waals surface area contributed by atoms with E-state index >= 15 is 0 Å². The molecule has 1 atom stereocenters. The number of ether oxygens (including phenoxy) is 1. The molecule has 0 radical (unpaired) electrons. The Hall–Kier alpha value is -2.53. The monoisotopic (exact) mass is 452 g/mol. The maximum atomic E-state index is 13.0. The van der Waals surface area contributed by atoms with Gasteiger partial charge in [-0.1, -0.05) is 17.7 Å². The molecule has 9 nitrogen and oxygen atoms in total. The standard InChI is InChI=1S/C19H21ClN4O5S/c20-15-4-6-16(7-5-15)30(27,28)24-9-2-10-29-17(24)13-23-19(26)18(25)22-12-14-3-1-8-21-11-14/h1,3-8,11,17H,2,9-10,12-13H2,(H,22,25)(H,23,26)/t17-/m0/s1. The maximum Gasteiger partial charge on any atom is 0.309 e. The molecule has 3 rings (SSSR count). The first-order valence-corrected chi connectivity index (χ1v) is 11.0. The molecule has 30 heavy (non-hydrogen) atoms. The lowest BCUT2D eigenvalue weighted by atomic mass is 10.3. The van der Waals surface area contributed by atoms with Crippen molar-refractivity contribution in [3.8, 4) is 0 Å². The van der Waals surface area contributed by atoms with Crippen molar-refractivity contribution >= 4 is 33.4 Å². The molecule has 2 aromatic rings. The van der Waals surface area contributed by atoms with E-state index in [1.54, 1.807) is 24.5 Å². The third kappa shape index (κ3) is 5.54. The molecule has 1 aliphatic heterocycles. The van der Waals surface area contributed by atoms with E-state index in [2.05, 4.69) is 15.6 Å². The molecule has 0 aliphatic carbocycles. The number of rotatable bonds is 6. The fraction of sp³-hybridized carbons (Fsp3) is 0.316. The van der Waals surface area contributed by atoms with Gasteiger partial charge in [0.2, 0.25) is 10.0 Å². The Labute approximate surface area is 179 Å². The van der Waals surface area contributed by atoms with E-state index in [9.17, 15) is 18.0 Å². The highest BCUT2D eigenvalue weighted by Crippen LogP contribution is 2.23. The van der Waals surface area contributed by atoms with Gasteiger partial charge in [-0.3, -0.25) is 14.6 Å². The van der Waals surface area contributed by atoms with Crippen LogP contribution in [0.25, 0.3) is 0 Å². The van der Waals surface area contributed by atoms with Gasteiger partial charge in [0.1, 0.15) is 6.23 Å². The third-order valence-electron chi connectivity index (χ3n) is 4.39. The molecule has 0 bridgehead atoms. The average Bonchev–Trinajstić information content (AvgIpc) is 2.77. The zero-order valence-corrected chi connectivity index (χ0v) is 17.5. The van der Waals surface area contributed by atoms with Crippen molar-refractivity contribution in [2.45, 2.75) is 24.1 Å². The van der Waals surface area contributed by atoms with Crippen LogP contribution in [0.15, 0.2) is 53.7 Å². The molecule has 2 N–H and O–H groups in total. The Kier molecular flexibility index (Phi) is 7.38. The highest BCUT2D eigenvalue weighted by atomic mass is 35.5. The van der Waals surface area contributed by atoms with Gasteiger partial charge in [0, 0.05) is 30.5 Å².